The first-order valence-corrected chi connectivity index (χ1v) is 7.34. The van der Waals surface area contributed by atoms with Crippen LogP contribution in [0.3, 0.4) is 0 Å². The highest BCUT2D eigenvalue weighted by atomic mass is 16.5. The van der Waals surface area contributed by atoms with Crippen LogP contribution >= 0.6 is 0 Å². The molecule has 0 atom stereocenters. The summed E-state index contributed by atoms with van der Waals surface area (Å²) >= 11 is 0. The number of carboxylic acid groups (broad SMARTS) is 1. The lowest BCUT2D eigenvalue weighted by Gasteiger charge is -2.27. The van der Waals surface area contributed by atoms with Gasteiger partial charge in [0.05, 0.1) is 5.60 Å². The molecule has 9 nitrogen and oxygen atoms in total. The van der Waals surface area contributed by atoms with Gasteiger partial charge in [-0.2, -0.15) is 0 Å². The zero-order chi connectivity index (χ0) is 17.9. The maximum atomic E-state index is 11.4. The molecule has 9 heteroatoms. The second-order valence-corrected chi connectivity index (χ2v) is 6.35. The fourth-order valence-corrected chi connectivity index (χ4v) is 1.61. The van der Waals surface area contributed by atoms with Crippen molar-refractivity contribution in [2.24, 2.45) is 5.11 Å². The van der Waals surface area contributed by atoms with E-state index in [1.54, 1.807) is 0 Å². The molecule has 0 bridgehead atoms. The molecule has 0 spiro atoms. The standard InChI is InChI=1S/C14H26N4O5/c1-13(2,17-18-15)6-8-23-14(3,4)5-7-16-11(19)9-22-10-12(20)21/h5-10H2,1-4H3,(H,16,19)(H,20,21). The molecular formula is C14H26N4O5. The van der Waals surface area contributed by atoms with E-state index in [-0.39, 0.29) is 12.5 Å². The number of rotatable bonds is 12. The Morgan fingerprint density at radius 1 is 1.22 bits per heavy atom. The molecule has 23 heavy (non-hydrogen) atoms. The van der Waals surface area contributed by atoms with E-state index in [4.69, 9.17) is 15.4 Å². The van der Waals surface area contributed by atoms with Gasteiger partial charge in [0, 0.05) is 23.6 Å². The molecule has 0 aliphatic carbocycles. The molecule has 132 valence electrons. The molecule has 2 N–H and O–H groups in total. The minimum absolute atomic E-state index is 0.284. The molecule has 0 aromatic carbocycles. The van der Waals surface area contributed by atoms with Crippen LogP contribution in [0.4, 0.5) is 0 Å². The van der Waals surface area contributed by atoms with Crippen LogP contribution in [0.1, 0.15) is 40.5 Å². The highest BCUT2D eigenvalue weighted by Crippen LogP contribution is 2.19. The number of nitrogens with zero attached hydrogens (tertiary/aromatic N) is 3. The van der Waals surface area contributed by atoms with E-state index >= 15 is 0 Å². The van der Waals surface area contributed by atoms with E-state index in [9.17, 15) is 9.59 Å². The summed E-state index contributed by atoms with van der Waals surface area (Å²) in [6.07, 6.45) is 1.18. The third kappa shape index (κ3) is 12.4. The fourth-order valence-electron chi connectivity index (χ4n) is 1.61. The number of azide groups is 1. The van der Waals surface area contributed by atoms with Gasteiger partial charge in [-0.1, -0.05) is 19.0 Å². The number of amides is 1. The van der Waals surface area contributed by atoms with E-state index in [1.807, 2.05) is 27.7 Å². The number of aliphatic carboxylic acids is 1. The third-order valence-electron chi connectivity index (χ3n) is 3.03. The summed E-state index contributed by atoms with van der Waals surface area (Å²) in [6, 6.07) is 0. The van der Waals surface area contributed by atoms with E-state index in [1.165, 1.54) is 0 Å². The van der Waals surface area contributed by atoms with E-state index < -0.39 is 23.7 Å². The minimum atomic E-state index is -1.11. The molecule has 0 heterocycles. The zero-order valence-corrected chi connectivity index (χ0v) is 14.2. The van der Waals surface area contributed by atoms with Crippen LogP contribution in [-0.4, -0.2) is 54.5 Å². The first-order chi connectivity index (χ1) is 10.6. The average Bonchev–Trinajstić information content (AvgIpc) is 2.37. The topological polar surface area (TPSA) is 134 Å². The molecule has 0 unspecified atom stereocenters. The molecule has 0 aromatic rings. The second-order valence-electron chi connectivity index (χ2n) is 6.35. The van der Waals surface area contributed by atoms with Crippen molar-refractivity contribution in [2.75, 3.05) is 26.4 Å². The van der Waals surface area contributed by atoms with Crippen molar-refractivity contribution in [3.8, 4) is 0 Å². The highest BCUT2D eigenvalue weighted by molar-refractivity contribution is 5.77. The summed E-state index contributed by atoms with van der Waals surface area (Å²) in [5.74, 6) is -1.48. The smallest absolute Gasteiger partial charge is 0.329 e. The largest absolute Gasteiger partial charge is 0.480 e. The van der Waals surface area contributed by atoms with Crippen LogP contribution in [0.2, 0.25) is 0 Å². The SMILES string of the molecule is CC(C)(CCOC(C)(C)CCNC(=O)COCC(=O)O)N=[N+]=[N-]. The second kappa shape index (κ2) is 10.0. The van der Waals surface area contributed by atoms with E-state index in [0.29, 0.717) is 26.0 Å². The van der Waals surface area contributed by atoms with Crippen molar-refractivity contribution < 1.29 is 24.2 Å². The van der Waals surface area contributed by atoms with Gasteiger partial charge in [-0.15, -0.1) is 0 Å². The summed E-state index contributed by atoms with van der Waals surface area (Å²) in [6.45, 7) is 7.52. The van der Waals surface area contributed by atoms with Gasteiger partial charge in [-0.25, -0.2) is 4.79 Å². The van der Waals surface area contributed by atoms with Crippen molar-refractivity contribution in [1.82, 2.24) is 5.32 Å². The van der Waals surface area contributed by atoms with Crippen molar-refractivity contribution in [2.45, 2.75) is 51.7 Å². The van der Waals surface area contributed by atoms with Gasteiger partial charge in [0.2, 0.25) is 5.91 Å². The summed E-state index contributed by atoms with van der Waals surface area (Å²) in [5, 5.41) is 14.7. The predicted octanol–water partition coefficient (Wildman–Crippen LogP) is 1.87. The Morgan fingerprint density at radius 3 is 2.43 bits per heavy atom. The first kappa shape index (κ1) is 21.2. The number of carboxylic acids is 1. The van der Waals surface area contributed by atoms with Gasteiger partial charge in [0.25, 0.3) is 0 Å². The summed E-state index contributed by atoms with van der Waals surface area (Å²) < 4.78 is 10.4. The fraction of sp³-hybridized carbons (Fsp3) is 0.857. The molecule has 1 amide bonds. The predicted molar refractivity (Wildman–Crippen MR) is 84.0 cm³/mol. The Morgan fingerprint density at radius 2 is 1.87 bits per heavy atom. The number of nitrogens with one attached hydrogen (secondary N) is 1. The molecule has 0 saturated heterocycles. The number of hydrogen-bond acceptors (Lipinski definition) is 5. The Bertz CT molecular complexity index is 444. The Kier molecular flexibility index (Phi) is 9.24. The van der Waals surface area contributed by atoms with Gasteiger partial charge in [0.15, 0.2) is 0 Å². The van der Waals surface area contributed by atoms with Crippen LogP contribution in [0.25, 0.3) is 10.4 Å². The number of ether oxygens (including phenoxy) is 2. The summed E-state index contributed by atoms with van der Waals surface area (Å²) in [5.41, 5.74) is 7.51. The van der Waals surface area contributed by atoms with Crippen LogP contribution in [0, 0.1) is 0 Å². The quantitative estimate of drug-likeness (QED) is 0.320. The van der Waals surface area contributed by atoms with Gasteiger partial charge in [0.1, 0.15) is 13.2 Å². The number of carbonyl (C=O) groups is 2. The maximum Gasteiger partial charge on any atom is 0.329 e. The van der Waals surface area contributed by atoms with Crippen molar-refractivity contribution in [3.63, 3.8) is 0 Å². The normalized spacial score (nSPS) is 11.7. The van der Waals surface area contributed by atoms with Crippen LogP contribution in [0.5, 0.6) is 0 Å². The van der Waals surface area contributed by atoms with Crippen molar-refractivity contribution in [1.29, 1.82) is 0 Å². The lowest BCUT2D eigenvalue weighted by molar-refractivity contribution is -0.143. The number of hydrogen-bond donors (Lipinski definition) is 2. The molecule has 0 aromatic heterocycles. The molecule has 0 aliphatic rings. The first-order valence-electron chi connectivity index (χ1n) is 7.34. The lowest BCUT2D eigenvalue weighted by Crippen LogP contribution is -2.35. The molecular weight excluding hydrogens is 304 g/mol. The summed E-state index contributed by atoms with van der Waals surface area (Å²) in [7, 11) is 0. The van der Waals surface area contributed by atoms with Gasteiger partial charge in [-0.05, 0) is 32.2 Å². The van der Waals surface area contributed by atoms with Crippen LogP contribution in [-0.2, 0) is 19.1 Å². The van der Waals surface area contributed by atoms with E-state index in [0.717, 1.165) is 0 Å². The molecule has 0 aliphatic heterocycles. The van der Waals surface area contributed by atoms with Gasteiger partial charge in [-0.3, -0.25) is 4.79 Å². The third-order valence-corrected chi connectivity index (χ3v) is 3.03. The van der Waals surface area contributed by atoms with Crippen molar-refractivity contribution >= 4 is 11.9 Å². The Labute approximate surface area is 136 Å². The molecule has 0 fully saturated rings. The average molecular weight is 330 g/mol. The highest BCUT2D eigenvalue weighted by Gasteiger charge is 2.21. The van der Waals surface area contributed by atoms with E-state index in [2.05, 4.69) is 20.1 Å². The molecule has 0 saturated carbocycles. The Hall–Kier alpha value is -1.83. The van der Waals surface area contributed by atoms with Crippen LogP contribution in [0.15, 0.2) is 5.11 Å². The van der Waals surface area contributed by atoms with Gasteiger partial charge >= 0.3 is 5.97 Å². The monoisotopic (exact) mass is 330 g/mol. The lowest BCUT2D eigenvalue weighted by atomic mass is 10.0. The maximum absolute atomic E-state index is 11.4. The zero-order valence-electron chi connectivity index (χ0n) is 14.2. The minimum Gasteiger partial charge on any atom is -0.480 e. The Balaban J connectivity index is 3.93. The number of carbonyl (C=O) groups excluding carboxylic acids is 1. The van der Waals surface area contributed by atoms with Crippen molar-refractivity contribution in [3.05, 3.63) is 10.4 Å². The summed E-state index contributed by atoms with van der Waals surface area (Å²) in [4.78, 5) is 24.5. The molecule has 0 rings (SSSR count). The molecule has 0 radical (unpaired) electrons. The van der Waals surface area contributed by atoms with Crippen LogP contribution < -0.4 is 5.32 Å². The van der Waals surface area contributed by atoms with Gasteiger partial charge < -0.3 is 19.9 Å².